The normalized spacial score (nSPS) is 12.8. The van der Waals surface area contributed by atoms with Gasteiger partial charge in [0.2, 0.25) is 0 Å². The molecule has 0 radical (unpaired) electrons. The van der Waals surface area contributed by atoms with E-state index in [0.29, 0.717) is 5.13 Å². The molecule has 104 valence electrons. The Bertz CT molecular complexity index is 856. The minimum Gasteiger partial charge on any atom is -0.298 e. The summed E-state index contributed by atoms with van der Waals surface area (Å²) >= 11 is 1.45. The van der Waals surface area contributed by atoms with Crippen molar-refractivity contribution in [3.8, 4) is 0 Å². The number of nitrogens with zero attached hydrogens (tertiary/aromatic N) is 1. The highest BCUT2D eigenvalue weighted by Gasteiger charge is 2.19. The van der Waals surface area contributed by atoms with E-state index < -0.39 is 0 Å². The minimum absolute atomic E-state index is 0.0834. The third kappa shape index (κ3) is 2.03. The molecule has 1 N–H and O–H groups in total. The lowest BCUT2D eigenvalue weighted by Gasteiger charge is -2.08. The summed E-state index contributed by atoms with van der Waals surface area (Å²) < 4.78 is 0. The SMILES string of the molecule is Cc1csc(NC(=O)c2ccc3c4c(cccc24)CC3)n1. The highest BCUT2D eigenvalue weighted by Crippen LogP contribution is 2.33. The Hall–Kier alpha value is -2.20. The first kappa shape index (κ1) is 12.5. The minimum atomic E-state index is -0.0834. The van der Waals surface area contributed by atoms with E-state index in [1.165, 1.54) is 27.8 Å². The quantitative estimate of drug-likeness (QED) is 0.777. The van der Waals surface area contributed by atoms with Gasteiger partial charge < -0.3 is 0 Å². The number of amides is 1. The Morgan fingerprint density at radius 2 is 2.00 bits per heavy atom. The van der Waals surface area contributed by atoms with E-state index in [4.69, 9.17) is 0 Å². The van der Waals surface area contributed by atoms with Crippen molar-refractivity contribution in [1.82, 2.24) is 4.98 Å². The van der Waals surface area contributed by atoms with Crippen LogP contribution in [0.25, 0.3) is 10.8 Å². The van der Waals surface area contributed by atoms with Crippen molar-refractivity contribution in [3.05, 3.63) is 58.1 Å². The number of aryl methyl sites for hydroxylation is 3. The standard InChI is InChI=1S/C17H14N2OS/c1-10-9-21-17(18-10)19-16(20)14-8-7-12-6-5-11-3-2-4-13(14)15(11)12/h2-4,7-9H,5-6H2,1H3,(H,18,19,20). The molecule has 0 saturated carbocycles. The number of nitrogens with one attached hydrogen (secondary N) is 1. The predicted octanol–water partition coefficient (Wildman–Crippen LogP) is 3.96. The zero-order valence-electron chi connectivity index (χ0n) is 11.6. The highest BCUT2D eigenvalue weighted by atomic mass is 32.1. The largest absolute Gasteiger partial charge is 0.298 e. The first-order valence-electron chi connectivity index (χ1n) is 6.99. The molecule has 2 aromatic carbocycles. The predicted molar refractivity (Wildman–Crippen MR) is 86.2 cm³/mol. The molecule has 4 rings (SSSR count). The van der Waals surface area contributed by atoms with Crippen LogP contribution >= 0.6 is 11.3 Å². The molecule has 0 unspecified atom stereocenters. The van der Waals surface area contributed by atoms with Crippen LogP contribution in [0.5, 0.6) is 0 Å². The van der Waals surface area contributed by atoms with Crippen molar-refractivity contribution in [2.24, 2.45) is 0 Å². The van der Waals surface area contributed by atoms with Crippen molar-refractivity contribution in [2.75, 3.05) is 5.32 Å². The van der Waals surface area contributed by atoms with Crippen molar-refractivity contribution in [2.45, 2.75) is 19.8 Å². The summed E-state index contributed by atoms with van der Waals surface area (Å²) in [6.45, 7) is 1.92. The van der Waals surface area contributed by atoms with Crippen LogP contribution in [0.15, 0.2) is 35.7 Å². The zero-order valence-corrected chi connectivity index (χ0v) is 12.5. The summed E-state index contributed by atoms with van der Waals surface area (Å²) in [7, 11) is 0. The summed E-state index contributed by atoms with van der Waals surface area (Å²) in [4.78, 5) is 16.8. The maximum Gasteiger partial charge on any atom is 0.258 e. The van der Waals surface area contributed by atoms with Gasteiger partial charge in [0, 0.05) is 10.9 Å². The molecule has 1 heterocycles. The third-order valence-corrected chi connectivity index (χ3v) is 4.84. The van der Waals surface area contributed by atoms with Crippen molar-refractivity contribution in [1.29, 1.82) is 0 Å². The van der Waals surface area contributed by atoms with Crippen molar-refractivity contribution in [3.63, 3.8) is 0 Å². The van der Waals surface area contributed by atoms with Gasteiger partial charge >= 0.3 is 0 Å². The van der Waals surface area contributed by atoms with Gasteiger partial charge in [-0.15, -0.1) is 11.3 Å². The van der Waals surface area contributed by atoms with E-state index >= 15 is 0 Å². The summed E-state index contributed by atoms with van der Waals surface area (Å²) in [5.74, 6) is -0.0834. The molecule has 0 bridgehead atoms. The molecule has 21 heavy (non-hydrogen) atoms. The molecule has 1 aliphatic rings. The van der Waals surface area contributed by atoms with Gasteiger partial charge in [-0.25, -0.2) is 4.98 Å². The molecular formula is C17H14N2OS. The number of anilines is 1. The number of hydrogen-bond acceptors (Lipinski definition) is 3. The number of carbonyl (C=O) groups excluding carboxylic acids is 1. The summed E-state index contributed by atoms with van der Waals surface area (Å²) in [6.07, 6.45) is 2.15. The fraction of sp³-hybridized carbons (Fsp3) is 0.176. The summed E-state index contributed by atoms with van der Waals surface area (Å²) in [5, 5.41) is 7.80. The number of benzene rings is 2. The van der Waals surface area contributed by atoms with E-state index in [-0.39, 0.29) is 5.91 Å². The van der Waals surface area contributed by atoms with E-state index in [2.05, 4.69) is 22.4 Å². The van der Waals surface area contributed by atoms with E-state index in [1.807, 2.05) is 30.5 Å². The Balaban J connectivity index is 1.79. The van der Waals surface area contributed by atoms with Gasteiger partial charge in [0.25, 0.3) is 5.91 Å². The molecule has 1 aromatic heterocycles. The summed E-state index contributed by atoms with van der Waals surface area (Å²) in [5.41, 5.74) is 4.35. The van der Waals surface area contributed by atoms with Crippen molar-refractivity contribution < 1.29 is 4.79 Å². The van der Waals surface area contributed by atoms with Gasteiger partial charge in [0.1, 0.15) is 0 Å². The maximum absolute atomic E-state index is 12.5. The number of aromatic nitrogens is 1. The number of thiazole rings is 1. The number of carbonyl (C=O) groups is 1. The maximum atomic E-state index is 12.5. The van der Waals surface area contributed by atoms with Gasteiger partial charge in [0.05, 0.1) is 5.69 Å². The molecule has 0 fully saturated rings. The smallest absolute Gasteiger partial charge is 0.258 e. The Morgan fingerprint density at radius 1 is 1.19 bits per heavy atom. The van der Waals surface area contributed by atoms with Crippen LogP contribution in [0.3, 0.4) is 0 Å². The number of hydrogen-bond donors (Lipinski definition) is 1. The second kappa shape index (κ2) is 4.67. The molecule has 3 nitrogen and oxygen atoms in total. The first-order chi connectivity index (χ1) is 10.2. The van der Waals surface area contributed by atoms with Gasteiger partial charge in [0.15, 0.2) is 5.13 Å². The molecule has 0 atom stereocenters. The van der Waals surface area contributed by atoms with Crippen LogP contribution < -0.4 is 5.32 Å². The lowest BCUT2D eigenvalue weighted by Crippen LogP contribution is -2.12. The molecular weight excluding hydrogens is 280 g/mol. The second-order valence-electron chi connectivity index (χ2n) is 5.36. The Morgan fingerprint density at radius 3 is 2.76 bits per heavy atom. The lowest BCUT2D eigenvalue weighted by atomic mass is 9.99. The van der Waals surface area contributed by atoms with Gasteiger partial charge in [-0.05, 0) is 47.7 Å². The van der Waals surface area contributed by atoms with E-state index in [0.717, 1.165) is 29.5 Å². The van der Waals surface area contributed by atoms with Crippen molar-refractivity contribution >= 4 is 33.1 Å². The fourth-order valence-corrected chi connectivity index (χ4v) is 3.70. The van der Waals surface area contributed by atoms with Crippen LogP contribution in [-0.2, 0) is 12.8 Å². The molecule has 0 aliphatic heterocycles. The molecule has 0 spiro atoms. The average Bonchev–Trinajstić information content (AvgIpc) is 3.08. The Kier molecular flexibility index (Phi) is 2.79. The van der Waals surface area contributed by atoms with Crippen LogP contribution in [0.4, 0.5) is 5.13 Å². The average molecular weight is 294 g/mol. The first-order valence-corrected chi connectivity index (χ1v) is 7.87. The fourth-order valence-electron chi connectivity index (χ4n) is 3.02. The highest BCUT2D eigenvalue weighted by molar-refractivity contribution is 7.13. The van der Waals surface area contributed by atoms with Crippen LogP contribution in [-0.4, -0.2) is 10.9 Å². The molecule has 4 heteroatoms. The monoisotopic (exact) mass is 294 g/mol. The van der Waals surface area contributed by atoms with Gasteiger partial charge in [-0.1, -0.05) is 24.3 Å². The lowest BCUT2D eigenvalue weighted by molar-refractivity contribution is 0.102. The third-order valence-electron chi connectivity index (χ3n) is 3.96. The van der Waals surface area contributed by atoms with Gasteiger partial charge in [-0.3, -0.25) is 10.1 Å². The van der Waals surface area contributed by atoms with Crippen LogP contribution in [0, 0.1) is 6.92 Å². The second-order valence-corrected chi connectivity index (χ2v) is 6.22. The van der Waals surface area contributed by atoms with E-state index in [1.54, 1.807) is 0 Å². The van der Waals surface area contributed by atoms with Gasteiger partial charge in [-0.2, -0.15) is 0 Å². The molecule has 1 amide bonds. The van der Waals surface area contributed by atoms with Crippen LogP contribution in [0.1, 0.15) is 27.2 Å². The molecule has 3 aromatic rings. The Labute approximate surface area is 126 Å². The zero-order chi connectivity index (χ0) is 14.4. The number of rotatable bonds is 2. The molecule has 0 saturated heterocycles. The van der Waals surface area contributed by atoms with Crippen LogP contribution in [0.2, 0.25) is 0 Å². The van der Waals surface area contributed by atoms with E-state index in [9.17, 15) is 4.79 Å². The molecule has 1 aliphatic carbocycles. The topological polar surface area (TPSA) is 42.0 Å². The summed E-state index contributed by atoms with van der Waals surface area (Å²) in [6, 6.07) is 10.3.